The molecule has 0 aliphatic heterocycles. The molecule has 2 aromatic rings. The zero-order chi connectivity index (χ0) is 18.1. The lowest BCUT2D eigenvalue weighted by atomic mass is 10.0. The molecule has 0 radical (unpaired) electrons. The largest absolute Gasteiger partial charge is 0.348 e. The maximum absolute atomic E-state index is 12.0. The second-order valence-electron chi connectivity index (χ2n) is 6.39. The molecule has 0 spiro atoms. The molecule has 0 atom stereocenters. The Morgan fingerprint density at radius 1 is 0.880 bits per heavy atom. The van der Waals surface area contributed by atoms with E-state index in [0.717, 1.165) is 24.8 Å². The van der Waals surface area contributed by atoms with Crippen molar-refractivity contribution in [3.05, 3.63) is 65.7 Å². The number of benzene rings is 2. The predicted molar refractivity (Wildman–Crippen MR) is 102 cm³/mol. The van der Waals surface area contributed by atoms with E-state index in [1.165, 1.54) is 5.56 Å². The Labute approximate surface area is 149 Å². The molecule has 2 N–H and O–H groups in total. The standard InChI is InChI=1S/C21H26N2O2/c1-16(2)18-13-6-7-14-19(18)23-21(25)20(24)22-15-9-8-12-17-10-4-3-5-11-17/h3-7,10-11,13-14,16H,8-9,12,15H2,1-2H3,(H,22,24)(H,23,25). The zero-order valence-electron chi connectivity index (χ0n) is 14.9. The summed E-state index contributed by atoms with van der Waals surface area (Å²) in [6.07, 6.45) is 2.79. The minimum absolute atomic E-state index is 0.276. The lowest BCUT2D eigenvalue weighted by Crippen LogP contribution is -2.36. The smallest absolute Gasteiger partial charge is 0.313 e. The Morgan fingerprint density at radius 2 is 1.56 bits per heavy atom. The van der Waals surface area contributed by atoms with E-state index in [1.807, 2.05) is 42.5 Å². The van der Waals surface area contributed by atoms with Gasteiger partial charge in [0.25, 0.3) is 0 Å². The predicted octanol–water partition coefficient (Wildman–Crippen LogP) is 3.89. The molecule has 0 aromatic heterocycles. The van der Waals surface area contributed by atoms with E-state index in [4.69, 9.17) is 0 Å². The van der Waals surface area contributed by atoms with Crippen LogP contribution in [0.25, 0.3) is 0 Å². The van der Waals surface area contributed by atoms with Gasteiger partial charge in [0.05, 0.1) is 0 Å². The van der Waals surface area contributed by atoms with E-state index in [9.17, 15) is 9.59 Å². The Balaban J connectivity index is 1.73. The number of hydrogen-bond acceptors (Lipinski definition) is 2. The Bertz CT molecular complexity index is 696. The Hall–Kier alpha value is -2.62. The van der Waals surface area contributed by atoms with Gasteiger partial charge in [-0.2, -0.15) is 0 Å². The monoisotopic (exact) mass is 338 g/mol. The number of anilines is 1. The highest BCUT2D eigenvalue weighted by Gasteiger charge is 2.15. The highest BCUT2D eigenvalue weighted by atomic mass is 16.2. The highest BCUT2D eigenvalue weighted by molar-refractivity contribution is 6.39. The summed E-state index contributed by atoms with van der Waals surface area (Å²) in [5.41, 5.74) is 3.00. The van der Waals surface area contributed by atoms with E-state index in [-0.39, 0.29) is 5.92 Å². The molecule has 2 amide bonds. The van der Waals surface area contributed by atoms with Gasteiger partial charge in [-0.25, -0.2) is 0 Å². The number of nitrogens with one attached hydrogen (secondary N) is 2. The summed E-state index contributed by atoms with van der Waals surface area (Å²) in [4.78, 5) is 24.0. The van der Waals surface area contributed by atoms with Crippen LogP contribution in [0.5, 0.6) is 0 Å². The fourth-order valence-electron chi connectivity index (χ4n) is 2.67. The molecule has 2 aromatic carbocycles. The minimum Gasteiger partial charge on any atom is -0.348 e. The first kappa shape index (κ1) is 18.7. The van der Waals surface area contributed by atoms with Crippen LogP contribution >= 0.6 is 0 Å². The molecule has 0 aliphatic carbocycles. The molecule has 0 fully saturated rings. The number of para-hydroxylation sites is 1. The van der Waals surface area contributed by atoms with Crippen LogP contribution in [0.4, 0.5) is 5.69 Å². The van der Waals surface area contributed by atoms with Gasteiger partial charge in [-0.1, -0.05) is 62.4 Å². The second kappa shape index (κ2) is 9.62. The van der Waals surface area contributed by atoms with Gasteiger partial charge in [0.1, 0.15) is 0 Å². The van der Waals surface area contributed by atoms with E-state index in [1.54, 1.807) is 0 Å². The Kier molecular flexibility index (Phi) is 7.20. The molecule has 0 bridgehead atoms. The van der Waals surface area contributed by atoms with Crippen LogP contribution in [-0.4, -0.2) is 18.4 Å². The third-order valence-electron chi connectivity index (χ3n) is 4.06. The van der Waals surface area contributed by atoms with Crippen molar-refractivity contribution < 1.29 is 9.59 Å². The number of amides is 2. The van der Waals surface area contributed by atoms with Gasteiger partial charge >= 0.3 is 11.8 Å². The summed E-state index contributed by atoms with van der Waals surface area (Å²) in [5.74, 6) is -0.924. The number of aryl methyl sites for hydroxylation is 1. The van der Waals surface area contributed by atoms with Crippen LogP contribution in [0.15, 0.2) is 54.6 Å². The quantitative estimate of drug-likeness (QED) is 0.594. The molecule has 4 nitrogen and oxygen atoms in total. The number of unbranched alkanes of at least 4 members (excludes halogenated alkanes) is 1. The molecule has 0 saturated carbocycles. The topological polar surface area (TPSA) is 58.2 Å². The van der Waals surface area contributed by atoms with E-state index in [0.29, 0.717) is 12.2 Å². The molecule has 4 heteroatoms. The fraction of sp³-hybridized carbons (Fsp3) is 0.333. The number of carbonyl (C=O) groups is 2. The van der Waals surface area contributed by atoms with Gasteiger partial charge in [0.15, 0.2) is 0 Å². The molecule has 0 unspecified atom stereocenters. The molecule has 0 heterocycles. The van der Waals surface area contributed by atoms with Crippen molar-refractivity contribution >= 4 is 17.5 Å². The third-order valence-corrected chi connectivity index (χ3v) is 4.06. The summed E-state index contributed by atoms with van der Waals surface area (Å²) < 4.78 is 0. The lowest BCUT2D eigenvalue weighted by molar-refractivity contribution is -0.136. The molecule has 0 aliphatic rings. The number of rotatable bonds is 7. The molecule has 25 heavy (non-hydrogen) atoms. The fourth-order valence-corrected chi connectivity index (χ4v) is 2.67. The third kappa shape index (κ3) is 6.07. The zero-order valence-corrected chi connectivity index (χ0v) is 14.9. The van der Waals surface area contributed by atoms with Crippen LogP contribution < -0.4 is 10.6 Å². The second-order valence-corrected chi connectivity index (χ2v) is 6.39. The van der Waals surface area contributed by atoms with E-state index >= 15 is 0 Å². The van der Waals surface area contributed by atoms with Crippen molar-refractivity contribution in [3.63, 3.8) is 0 Å². The van der Waals surface area contributed by atoms with Gasteiger partial charge in [-0.05, 0) is 42.4 Å². The van der Waals surface area contributed by atoms with Crippen LogP contribution in [0.2, 0.25) is 0 Å². The first-order valence-electron chi connectivity index (χ1n) is 8.80. The summed E-state index contributed by atoms with van der Waals surface area (Å²) in [5, 5.41) is 5.39. The highest BCUT2D eigenvalue weighted by Crippen LogP contribution is 2.23. The molecular weight excluding hydrogens is 312 g/mol. The van der Waals surface area contributed by atoms with Crippen LogP contribution in [0.1, 0.15) is 43.7 Å². The Morgan fingerprint density at radius 3 is 2.28 bits per heavy atom. The van der Waals surface area contributed by atoms with Gasteiger partial charge in [0, 0.05) is 12.2 Å². The van der Waals surface area contributed by atoms with Gasteiger partial charge in [0.2, 0.25) is 0 Å². The first-order chi connectivity index (χ1) is 12.1. The summed E-state index contributed by atoms with van der Waals surface area (Å²) in [6, 6.07) is 17.8. The van der Waals surface area contributed by atoms with Gasteiger partial charge in [-0.3, -0.25) is 9.59 Å². The lowest BCUT2D eigenvalue weighted by Gasteiger charge is -2.13. The van der Waals surface area contributed by atoms with Crippen molar-refractivity contribution in [2.75, 3.05) is 11.9 Å². The van der Waals surface area contributed by atoms with Crippen molar-refractivity contribution in [3.8, 4) is 0 Å². The summed E-state index contributed by atoms with van der Waals surface area (Å²) in [7, 11) is 0. The van der Waals surface area contributed by atoms with Crippen LogP contribution in [0.3, 0.4) is 0 Å². The van der Waals surface area contributed by atoms with E-state index < -0.39 is 11.8 Å². The maximum atomic E-state index is 12.0. The van der Waals surface area contributed by atoms with Crippen LogP contribution in [-0.2, 0) is 16.0 Å². The molecule has 0 saturated heterocycles. The van der Waals surface area contributed by atoms with E-state index in [2.05, 4.69) is 36.6 Å². The molecule has 132 valence electrons. The minimum atomic E-state index is -0.615. The average molecular weight is 338 g/mol. The first-order valence-corrected chi connectivity index (χ1v) is 8.80. The van der Waals surface area contributed by atoms with Gasteiger partial charge in [-0.15, -0.1) is 0 Å². The number of carbonyl (C=O) groups excluding carboxylic acids is 2. The maximum Gasteiger partial charge on any atom is 0.313 e. The summed E-state index contributed by atoms with van der Waals surface area (Å²) in [6.45, 7) is 4.61. The van der Waals surface area contributed by atoms with Crippen molar-refractivity contribution in [1.82, 2.24) is 5.32 Å². The summed E-state index contributed by atoms with van der Waals surface area (Å²) >= 11 is 0. The van der Waals surface area contributed by atoms with Crippen molar-refractivity contribution in [2.24, 2.45) is 0 Å². The average Bonchev–Trinajstić information content (AvgIpc) is 2.62. The molecule has 2 rings (SSSR count). The SMILES string of the molecule is CC(C)c1ccccc1NC(=O)C(=O)NCCCCc1ccccc1. The van der Waals surface area contributed by atoms with Gasteiger partial charge < -0.3 is 10.6 Å². The molecular formula is C21H26N2O2. The normalized spacial score (nSPS) is 10.5. The van der Waals surface area contributed by atoms with Crippen molar-refractivity contribution in [2.45, 2.75) is 39.0 Å². The van der Waals surface area contributed by atoms with Crippen molar-refractivity contribution in [1.29, 1.82) is 0 Å². The van der Waals surface area contributed by atoms with Crippen LogP contribution in [0, 0.1) is 0 Å². The number of hydrogen-bond donors (Lipinski definition) is 2.